The maximum Gasteiger partial charge on any atom is 0.410 e. The number of rotatable bonds is 4. The molecule has 2 fully saturated rings. The third-order valence-electron chi connectivity index (χ3n) is 6.15. The van der Waals surface area contributed by atoms with E-state index in [9.17, 15) is 9.59 Å². The lowest BCUT2D eigenvalue weighted by molar-refractivity contribution is 0.0723. The van der Waals surface area contributed by atoms with Crippen molar-refractivity contribution >= 4 is 12.1 Å². The molecule has 2 aliphatic heterocycles. The molecule has 2 aliphatic rings. The minimum absolute atomic E-state index is 0.00328. The maximum absolute atomic E-state index is 12.9. The molecule has 3 amide bonds. The van der Waals surface area contributed by atoms with Gasteiger partial charge in [-0.2, -0.15) is 0 Å². The Balaban J connectivity index is 1.41. The molecule has 1 N–H and O–H groups in total. The van der Waals surface area contributed by atoms with Crippen molar-refractivity contribution in [3.63, 3.8) is 0 Å². The molecule has 0 unspecified atom stereocenters. The van der Waals surface area contributed by atoms with E-state index in [4.69, 9.17) is 4.74 Å². The van der Waals surface area contributed by atoms with Gasteiger partial charge >= 0.3 is 12.1 Å². The molecule has 6 heteroatoms. The van der Waals surface area contributed by atoms with Crippen molar-refractivity contribution in [2.45, 2.75) is 37.8 Å². The first-order chi connectivity index (χ1) is 14.7. The number of nitrogens with zero attached hydrogens (tertiary/aromatic N) is 2. The van der Waals surface area contributed by atoms with Gasteiger partial charge in [-0.05, 0) is 36.8 Å². The molecular weight excluding hydrogens is 378 g/mol. The minimum atomic E-state index is -0.461. The molecule has 2 heterocycles. The molecule has 0 radical (unpaired) electrons. The zero-order valence-electron chi connectivity index (χ0n) is 17.3. The van der Waals surface area contributed by atoms with Gasteiger partial charge in [0.15, 0.2) is 0 Å². The van der Waals surface area contributed by atoms with E-state index in [1.807, 2.05) is 53.4 Å². The molecule has 0 aliphatic carbocycles. The van der Waals surface area contributed by atoms with E-state index in [0.29, 0.717) is 25.9 Å². The Hall–Kier alpha value is -3.02. The topological polar surface area (TPSA) is 61.9 Å². The second kappa shape index (κ2) is 9.20. The van der Waals surface area contributed by atoms with Gasteiger partial charge in [-0.15, -0.1) is 0 Å². The van der Waals surface area contributed by atoms with Crippen LogP contribution in [0.1, 0.15) is 36.8 Å². The Kier molecular flexibility index (Phi) is 6.21. The SMILES string of the molecule is O=C(NC1(c2ccccc2)CCN(C(=O)OCc2ccccc2)CC1)N1CCCC1. The molecular formula is C24H29N3O3. The van der Waals surface area contributed by atoms with Crippen LogP contribution in [-0.2, 0) is 16.9 Å². The third-order valence-corrected chi connectivity index (χ3v) is 6.15. The first kappa shape index (κ1) is 20.3. The summed E-state index contributed by atoms with van der Waals surface area (Å²) in [6.45, 7) is 2.99. The lowest BCUT2D eigenvalue weighted by Crippen LogP contribution is -2.56. The van der Waals surface area contributed by atoms with Gasteiger partial charge < -0.3 is 19.9 Å². The molecule has 2 aromatic carbocycles. The summed E-state index contributed by atoms with van der Waals surface area (Å²) in [4.78, 5) is 29.1. The Labute approximate surface area is 177 Å². The average molecular weight is 408 g/mol. The number of hydrogen-bond donors (Lipinski definition) is 1. The molecule has 6 nitrogen and oxygen atoms in total. The van der Waals surface area contributed by atoms with Crippen LogP contribution in [0.5, 0.6) is 0 Å². The summed E-state index contributed by atoms with van der Waals surface area (Å²) in [5, 5.41) is 3.32. The number of amides is 3. The number of nitrogens with one attached hydrogen (secondary N) is 1. The molecule has 2 aromatic rings. The first-order valence-electron chi connectivity index (χ1n) is 10.7. The van der Waals surface area contributed by atoms with Crippen molar-refractivity contribution in [2.75, 3.05) is 26.2 Å². The summed E-state index contributed by atoms with van der Waals surface area (Å²) in [7, 11) is 0. The van der Waals surface area contributed by atoms with Crippen LogP contribution >= 0.6 is 0 Å². The Morgan fingerprint density at radius 1 is 0.833 bits per heavy atom. The van der Waals surface area contributed by atoms with Gasteiger partial charge in [-0.3, -0.25) is 0 Å². The first-order valence-corrected chi connectivity index (χ1v) is 10.7. The molecule has 30 heavy (non-hydrogen) atoms. The zero-order valence-corrected chi connectivity index (χ0v) is 17.3. The van der Waals surface area contributed by atoms with Crippen molar-refractivity contribution in [3.8, 4) is 0 Å². The van der Waals surface area contributed by atoms with E-state index in [0.717, 1.165) is 37.1 Å². The van der Waals surface area contributed by atoms with Crippen molar-refractivity contribution in [1.29, 1.82) is 0 Å². The molecule has 0 spiro atoms. The Morgan fingerprint density at radius 3 is 2.07 bits per heavy atom. The summed E-state index contributed by atoms with van der Waals surface area (Å²) in [6, 6.07) is 19.8. The van der Waals surface area contributed by atoms with Gasteiger partial charge in [0.2, 0.25) is 0 Å². The summed E-state index contributed by atoms with van der Waals surface area (Å²) < 4.78 is 5.50. The number of benzene rings is 2. The molecule has 0 aromatic heterocycles. The quantitative estimate of drug-likeness (QED) is 0.829. The van der Waals surface area contributed by atoms with Crippen LogP contribution < -0.4 is 5.32 Å². The fraction of sp³-hybridized carbons (Fsp3) is 0.417. The molecule has 2 saturated heterocycles. The van der Waals surface area contributed by atoms with Gasteiger partial charge in [0.1, 0.15) is 6.61 Å². The van der Waals surface area contributed by atoms with Gasteiger partial charge in [0, 0.05) is 26.2 Å². The second-order valence-corrected chi connectivity index (χ2v) is 8.10. The number of hydrogen-bond acceptors (Lipinski definition) is 3. The van der Waals surface area contributed by atoms with Crippen LogP contribution in [-0.4, -0.2) is 48.1 Å². The smallest absolute Gasteiger partial charge is 0.410 e. The van der Waals surface area contributed by atoms with Gasteiger partial charge in [-0.1, -0.05) is 60.7 Å². The largest absolute Gasteiger partial charge is 0.445 e. The van der Waals surface area contributed by atoms with E-state index in [2.05, 4.69) is 17.4 Å². The number of urea groups is 1. The Morgan fingerprint density at radius 2 is 1.43 bits per heavy atom. The number of carbonyl (C=O) groups excluding carboxylic acids is 2. The van der Waals surface area contributed by atoms with Crippen LogP contribution in [0.15, 0.2) is 60.7 Å². The van der Waals surface area contributed by atoms with Gasteiger partial charge in [0.25, 0.3) is 0 Å². The highest BCUT2D eigenvalue weighted by molar-refractivity contribution is 5.76. The second-order valence-electron chi connectivity index (χ2n) is 8.10. The van der Waals surface area contributed by atoms with Gasteiger partial charge in [0.05, 0.1) is 5.54 Å². The fourth-order valence-electron chi connectivity index (χ4n) is 4.33. The maximum atomic E-state index is 12.9. The predicted molar refractivity (Wildman–Crippen MR) is 115 cm³/mol. The van der Waals surface area contributed by atoms with E-state index >= 15 is 0 Å². The molecule has 0 atom stereocenters. The lowest BCUT2D eigenvalue weighted by atomic mass is 9.81. The predicted octanol–water partition coefficient (Wildman–Crippen LogP) is 4.12. The minimum Gasteiger partial charge on any atom is -0.445 e. The van der Waals surface area contributed by atoms with Crippen molar-refractivity contribution in [1.82, 2.24) is 15.1 Å². The highest BCUT2D eigenvalue weighted by Crippen LogP contribution is 2.33. The van der Waals surface area contributed by atoms with Crippen LogP contribution in [0.2, 0.25) is 0 Å². The molecule has 0 saturated carbocycles. The van der Waals surface area contributed by atoms with E-state index in [1.165, 1.54) is 0 Å². The van der Waals surface area contributed by atoms with Crippen LogP contribution in [0.25, 0.3) is 0 Å². The van der Waals surface area contributed by atoms with Crippen molar-refractivity contribution in [3.05, 3.63) is 71.8 Å². The fourth-order valence-corrected chi connectivity index (χ4v) is 4.33. The molecule has 0 bridgehead atoms. The molecule has 4 rings (SSSR count). The average Bonchev–Trinajstić information content (AvgIpc) is 3.34. The highest BCUT2D eigenvalue weighted by Gasteiger charge is 2.40. The van der Waals surface area contributed by atoms with Crippen LogP contribution in [0.3, 0.4) is 0 Å². The summed E-state index contributed by atoms with van der Waals surface area (Å²) in [5.74, 6) is 0. The monoisotopic (exact) mass is 407 g/mol. The zero-order chi connectivity index (χ0) is 20.8. The van der Waals surface area contributed by atoms with Crippen LogP contribution in [0, 0.1) is 0 Å². The lowest BCUT2D eigenvalue weighted by Gasteiger charge is -2.43. The number of carbonyl (C=O) groups is 2. The third kappa shape index (κ3) is 4.58. The highest BCUT2D eigenvalue weighted by atomic mass is 16.6. The Bertz CT molecular complexity index is 843. The van der Waals surface area contributed by atoms with E-state index < -0.39 is 5.54 Å². The van der Waals surface area contributed by atoms with Crippen molar-refractivity contribution in [2.24, 2.45) is 0 Å². The van der Waals surface area contributed by atoms with E-state index in [-0.39, 0.29) is 18.7 Å². The summed E-state index contributed by atoms with van der Waals surface area (Å²) in [5.41, 5.74) is 1.60. The molecule has 158 valence electrons. The number of ether oxygens (including phenoxy) is 1. The van der Waals surface area contributed by atoms with E-state index in [1.54, 1.807) is 4.90 Å². The standard InChI is InChI=1S/C24H29N3O3/c28-22(26-15-7-8-16-26)25-24(21-11-5-2-6-12-21)13-17-27(18-14-24)23(29)30-19-20-9-3-1-4-10-20/h1-6,9-12H,7-8,13-19H2,(H,25,28). The van der Waals surface area contributed by atoms with Crippen molar-refractivity contribution < 1.29 is 14.3 Å². The van der Waals surface area contributed by atoms with Crippen LogP contribution in [0.4, 0.5) is 9.59 Å². The van der Waals surface area contributed by atoms with Gasteiger partial charge in [-0.25, -0.2) is 9.59 Å². The summed E-state index contributed by atoms with van der Waals surface area (Å²) in [6.07, 6.45) is 3.15. The normalized spacial score (nSPS) is 18.1. The number of likely N-dealkylation sites (tertiary alicyclic amines) is 2. The number of piperidine rings is 1. The summed E-state index contributed by atoms with van der Waals surface area (Å²) >= 11 is 0.